The van der Waals surface area contributed by atoms with E-state index in [1.807, 2.05) is 0 Å². The summed E-state index contributed by atoms with van der Waals surface area (Å²) < 4.78 is 2.49. The standard InChI is InChI=1S/C33H45N3O/c1-24-10-9-13-26(20-24)30(21-33(37)34-27-16-18-28(19-17-27)35(2)3)31-23-36(22-25-11-5-4-6-12-25)32-15-8-7-14-29(31)32/h7-10,13-15,20,23,25,27-28,30H,4-6,11-12,16-19,21-22H2,1-3H3,(H,34,37). The van der Waals surface area contributed by atoms with Crippen LogP contribution in [0.4, 0.5) is 0 Å². The van der Waals surface area contributed by atoms with E-state index in [0.29, 0.717) is 18.5 Å². The smallest absolute Gasteiger partial charge is 0.221 e. The first kappa shape index (κ1) is 26.0. The van der Waals surface area contributed by atoms with E-state index in [1.165, 1.54) is 59.7 Å². The number of amides is 1. The molecule has 1 amide bonds. The van der Waals surface area contributed by atoms with Crippen molar-refractivity contribution in [1.29, 1.82) is 0 Å². The minimum absolute atomic E-state index is 0.0514. The lowest BCUT2D eigenvalue weighted by atomic mass is 9.86. The number of nitrogens with zero attached hydrogens (tertiary/aromatic N) is 2. The molecule has 4 nitrogen and oxygen atoms in total. The van der Waals surface area contributed by atoms with Gasteiger partial charge in [-0.05, 0) is 82.7 Å². The van der Waals surface area contributed by atoms with E-state index in [1.54, 1.807) is 0 Å². The molecule has 2 aromatic carbocycles. The molecule has 198 valence electrons. The van der Waals surface area contributed by atoms with Crippen molar-refractivity contribution in [2.45, 2.75) is 95.7 Å². The number of fused-ring (bicyclic) bond motifs is 1. The van der Waals surface area contributed by atoms with Crippen molar-refractivity contribution in [1.82, 2.24) is 14.8 Å². The monoisotopic (exact) mass is 499 g/mol. The first-order valence-electron chi connectivity index (χ1n) is 14.6. The third-order valence-corrected chi connectivity index (χ3v) is 9.00. The van der Waals surface area contributed by atoms with E-state index in [2.05, 4.69) is 90.5 Å². The van der Waals surface area contributed by atoms with Crippen LogP contribution >= 0.6 is 0 Å². The van der Waals surface area contributed by atoms with Crippen molar-refractivity contribution in [3.05, 3.63) is 71.4 Å². The number of aryl methyl sites for hydroxylation is 1. The highest BCUT2D eigenvalue weighted by Gasteiger charge is 2.27. The molecule has 37 heavy (non-hydrogen) atoms. The van der Waals surface area contributed by atoms with E-state index in [9.17, 15) is 4.79 Å². The van der Waals surface area contributed by atoms with Gasteiger partial charge in [-0.2, -0.15) is 0 Å². The van der Waals surface area contributed by atoms with Gasteiger partial charge in [0.2, 0.25) is 5.91 Å². The van der Waals surface area contributed by atoms with Crippen LogP contribution in [-0.2, 0) is 11.3 Å². The van der Waals surface area contributed by atoms with Crippen molar-refractivity contribution < 1.29 is 4.79 Å². The Balaban J connectivity index is 1.41. The van der Waals surface area contributed by atoms with Gasteiger partial charge in [-0.15, -0.1) is 0 Å². The molecular weight excluding hydrogens is 454 g/mol. The third kappa shape index (κ3) is 6.29. The summed E-state index contributed by atoms with van der Waals surface area (Å²) in [5.41, 5.74) is 5.09. The van der Waals surface area contributed by atoms with Gasteiger partial charge in [-0.25, -0.2) is 0 Å². The van der Waals surface area contributed by atoms with Crippen LogP contribution in [0.15, 0.2) is 54.7 Å². The van der Waals surface area contributed by atoms with E-state index in [0.717, 1.165) is 38.1 Å². The summed E-state index contributed by atoms with van der Waals surface area (Å²) in [7, 11) is 4.33. The molecule has 1 unspecified atom stereocenters. The Labute approximate surface area is 223 Å². The van der Waals surface area contributed by atoms with Crippen LogP contribution in [0, 0.1) is 12.8 Å². The number of aromatic nitrogens is 1. The van der Waals surface area contributed by atoms with E-state index in [4.69, 9.17) is 0 Å². The average Bonchev–Trinajstić information content (AvgIpc) is 3.26. The molecule has 2 saturated carbocycles. The normalized spacial score (nSPS) is 21.8. The van der Waals surface area contributed by atoms with Crippen LogP contribution < -0.4 is 5.32 Å². The van der Waals surface area contributed by atoms with Crippen LogP contribution in [-0.4, -0.2) is 41.6 Å². The van der Waals surface area contributed by atoms with Crippen molar-refractivity contribution in [2.24, 2.45) is 5.92 Å². The molecule has 1 N–H and O–H groups in total. The zero-order chi connectivity index (χ0) is 25.8. The van der Waals surface area contributed by atoms with Crippen molar-refractivity contribution in [2.75, 3.05) is 14.1 Å². The van der Waals surface area contributed by atoms with Crippen LogP contribution in [0.3, 0.4) is 0 Å². The minimum Gasteiger partial charge on any atom is -0.353 e. The predicted molar refractivity (Wildman–Crippen MR) is 154 cm³/mol. The molecular formula is C33H45N3O. The first-order chi connectivity index (χ1) is 18.0. The zero-order valence-corrected chi connectivity index (χ0v) is 23.1. The maximum atomic E-state index is 13.5. The lowest BCUT2D eigenvalue weighted by Crippen LogP contribution is -2.42. The van der Waals surface area contributed by atoms with Crippen LogP contribution in [0.1, 0.15) is 86.8 Å². The van der Waals surface area contributed by atoms with E-state index < -0.39 is 0 Å². The number of carbonyl (C=O) groups is 1. The Morgan fingerprint density at radius 2 is 1.73 bits per heavy atom. The van der Waals surface area contributed by atoms with Gasteiger partial charge in [-0.1, -0.05) is 67.3 Å². The van der Waals surface area contributed by atoms with Gasteiger partial charge >= 0.3 is 0 Å². The molecule has 2 aliphatic carbocycles. The van der Waals surface area contributed by atoms with Gasteiger partial charge in [0.05, 0.1) is 0 Å². The SMILES string of the molecule is Cc1cccc(C(CC(=O)NC2CCC(N(C)C)CC2)c2cn(CC3CCCCC3)c3ccccc23)c1. The lowest BCUT2D eigenvalue weighted by Gasteiger charge is -2.33. The summed E-state index contributed by atoms with van der Waals surface area (Å²) in [6.07, 6.45) is 14.1. The number of carbonyl (C=O) groups excluding carboxylic acids is 1. The highest BCUT2D eigenvalue weighted by Crippen LogP contribution is 2.36. The Morgan fingerprint density at radius 3 is 2.46 bits per heavy atom. The molecule has 0 aliphatic heterocycles. The van der Waals surface area contributed by atoms with Gasteiger partial charge in [-0.3, -0.25) is 4.79 Å². The molecule has 4 heteroatoms. The number of rotatable bonds is 8. The van der Waals surface area contributed by atoms with Gasteiger partial charge < -0.3 is 14.8 Å². The maximum Gasteiger partial charge on any atom is 0.221 e. The minimum atomic E-state index is 0.0514. The molecule has 0 saturated heterocycles. The molecule has 1 aromatic heterocycles. The van der Waals surface area contributed by atoms with Crippen molar-refractivity contribution in [3.63, 3.8) is 0 Å². The van der Waals surface area contributed by atoms with Crippen LogP contribution in [0.25, 0.3) is 10.9 Å². The Bertz CT molecular complexity index is 1180. The number of hydrogen-bond acceptors (Lipinski definition) is 2. The summed E-state index contributed by atoms with van der Waals surface area (Å²) in [5.74, 6) is 0.995. The van der Waals surface area contributed by atoms with Gasteiger partial charge in [0.25, 0.3) is 0 Å². The first-order valence-corrected chi connectivity index (χ1v) is 14.6. The quantitative estimate of drug-likeness (QED) is 0.361. The molecule has 1 heterocycles. The fraction of sp³-hybridized carbons (Fsp3) is 0.545. The number of hydrogen-bond donors (Lipinski definition) is 1. The Hall–Kier alpha value is -2.59. The molecule has 2 fully saturated rings. The van der Waals surface area contributed by atoms with Gasteiger partial charge in [0.1, 0.15) is 0 Å². The molecule has 5 rings (SSSR count). The molecule has 0 radical (unpaired) electrons. The second kappa shape index (κ2) is 11.9. The van der Waals surface area contributed by atoms with Gasteiger partial charge in [0.15, 0.2) is 0 Å². The topological polar surface area (TPSA) is 37.3 Å². The number of benzene rings is 2. The molecule has 2 aliphatic rings. The highest BCUT2D eigenvalue weighted by atomic mass is 16.1. The summed E-state index contributed by atoms with van der Waals surface area (Å²) in [5, 5.41) is 4.71. The summed E-state index contributed by atoms with van der Waals surface area (Å²) in [6, 6.07) is 18.5. The Morgan fingerprint density at radius 1 is 0.973 bits per heavy atom. The lowest BCUT2D eigenvalue weighted by molar-refractivity contribution is -0.122. The zero-order valence-electron chi connectivity index (χ0n) is 23.1. The van der Waals surface area contributed by atoms with Crippen molar-refractivity contribution >= 4 is 16.8 Å². The second-order valence-electron chi connectivity index (χ2n) is 12.0. The second-order valence-corrected chi connectivity index (χ2v) is 12.0. The fourth-order valence-corrected chi connectivity index (χ4v) is 6.85. The molecule has 0 bridgehead atoms. The van der Waals surface area contributed by atoms with E-state index >= 15 is 0 Å². The van der Waals surface area contributed by atoms with E-state index in [-0.39, 0.29) is 11.8 Å². The van der Waals surface area contributed by atoms with Crippen LogP contribution in [0.5, 0.6) is 0 Å². The average molecular weight is 500 g/mol. The predicted octanol–water partition coefficient (Wildman–Crippen LogP) is 7.04. The Kier molecular flexibility index (Phi) is 8.34. The summed E-state index contributed by atoms with van der Waals surface area (Å²) in [4.78, 5) is 15.8. The summed E-state index contributed by atoms with van der Waals surface area (Å²) >= 11 is 0. The van der Waals surface area contributed by atoms with Crippen molar-refractivity contribution in [3.8, 4) is 0 Å². The number of nitrogens with one attached hydrogen (secondary N) is 1. The molecule has 3 aromatic rings. The maximum absolute atomic E-state index is 13.5. The number of para-hydroxylation sites is 1. The highest BCUT2D eigenvalue weighted by molar-refractivity contribution is 5.86. The third-order valence-electron chi connectivity index (χ3n) is 9.00. The van der Waals surface area contributed by atoms with Gasteiger partial charge in [0, 0.05) is 48.1 Å². The summed E-state index contributed by atoms with van der Waals surface area (Å²) in [6.45, 7) is 3.23. The fourth-order valence-electron chi connectivity index (χ4n) is 6.85. The molecule has 0 spiro atoms. The largest absolute Gasteiger partial charge is 0.353 e. The molecule has 1 atom stereocenters. The van der Waals surface area contributed by atoms with Crippen LogP contribution in [0.2, 0.25) is 0 Å².